The molecule has 1 saturated heterocycles. The molecule has 0 saturated carbocycles. The molecule has 0 aromatic heterocycles. The molecule has 1 rings (SSSR count). The molecule has 0 aliphatic carbocycles. The molecule has 3 nitrogen and oxygen atoms in total. The Balaban J connectivity index is 2.20. The van der Waals surface area contributed by atoms with Gasteiger partial charge in [-0.3, -0.25) is 0 Å². The van der Waals surface area contributed by atoms with Crippen molar-refractivity contribution in [3.8, 4) is 0 Å². The number of nitrogens with zero attached hydrogens (tertiary/aromatic N) is 1. The standard InChI is InChI=1S/C8H18N2O/c1-10(2)7-8-3-5-11-6-4-9-8/h8-9H,3-7H2,1-2H3. The summed E-state index contributed by atoms with van der Waals surface area (Å²) in [6.45, 7) is 3.89. The monoisotopic (exact) mass is 158 g/mol. The van der Waals surface area contributed by atoms with E-state index in [2.05, 4.69) is 24.3 Å². The van der Waals surface area contributed by atoms with Crippen molar-refractivity contribution in [1.29, 1.82) is 0 Å². The van der Waals surface area contributed by atoms with Crippen LogP contribution in [0.3, 0.4) is 0 Å². The Morgan fingerprint density at radius 1 is 1.45 bits per heavy atom. The van der Waals surface area contributed by atoms with Gasteiger partial charge in [-0.05, 0) is 20.5 Å². The van der Waals surface area contributed by atoms with E-state index in [0.29, 0.717) is 6.04 Å². The zero-order valence-corrected chi connectivity index (χ0v) is 7.47. The smallest absolute Gasteiger partial charge is 0.0591 e. The normalized spacial score (nSPS) is 27.0. The van der Waals surface area contributed by atoms with Crippen LogP contribution in [-0.4, -0.2) is 51.3 Å². The van der Waals surface area contributed by atoms with Gasteiger partial charge >= 0.3 is 0 Å². The highest BCUT2D eigenvalue weighted by molar-refractivity contribution is 4.71. The molecular formula is C8H18N2O. The molecule has 0 aromatic rings. The number of rotatable bonds is 2. The summed E-state index contributed by atoms with van der Waals surface area (Å²) >= 11 is 0. The number of hydrogen-bond acceptors (Lipinski definition) is 3. The Kier molecular flexibility index (Phi) is 3.83. The van der Waals surface area contributed by atoms with Crippen LogP contribution in [0.25, 0.3) is 0 Å². The second-order valence-electron chi connectivity index (χ2n) is 3.31. The highest BCUT2D eigenvalue weighted by Crippen LogP contribution is 1.98. The molecule has 1 N–H and O–H groups in total. The summed E-state index contributed by atoms with van der Waals surface area (Å²) in [6, 6.07) is 0.618. The lowest BCUT2D eigenvalue weighted by atomic mass is 10.2. The van der Waals surface area contributed by atoms with Gasteiger partial charge in [-0.15, -0.1) is 0 Å². The largest absolute Gasteiger partial charge is 0.380 e. The average Bonchev–Trinajstić information content (AvgIpc) is 2.14. The van der Waals surface area contributed by atoms with Gasteiger partial charge in [-0.2, -0.15) is 0 Å². The quantitative estimate of drug-likeness (QED) is 0.608. The molecule has 3 heteroatoms. The van der Waals surface area contributed by atoms with E-state index < -0.39 is 0 Å². The fraction of sp³-hybridized carbons (Fsp3) is 1.00. The first kappa shape index (κ1) is 8.97. The molecule has 1 fully saturated rings. The second kappa shape index (κ2) is 4.70. The van der Waals surface area contributed by atoms with E-state index in [1.807, 2.05) is 0 Å². The van der Waals surface area contributed by atoms with Crippen LogP contribution in [0.2, 0.25) is 0 Å². The zero-order chi connectivity index (χ0) is 8.10. The number of likely N-dealkylation sites (N-methyl/N-ethyl adjacent to an activating group) is 1. The number of nitrogens with one attached hydrogen (secondary N) is 1. The Morgan fingerprint density at radius 2 is 2.27 bits per heavy atom. The Hall–Kier alpha value is -0.120. The van der Waals surface area contributed by atoms with E-state index >= 15 is 0 Å². The van der Waals surface area contributed by atoms with E-state index in [4.69, 9.17) is 4.74 Å². The summed E-state index contributed by atoms with van der Waals surface area (Å²) in [5.74, 6) is 0. The zero-order valence-electron chi connectivity index (χ0n) is 7.47. The van der Waals surface area contributed by atoms with Crippen LogP contribution in [0.1, 0.15) is 6.42 Å². The lowest BCUT2D eigenvalue weighted by Crippen LogP contribution is -2.38. The van der Waals surface area contributed by atoms with Gasteiger partial charge in [-0.1, -0.05) is 0 Å². The molecule has 1 heterocycles. The molecule has 0 amide bonds. The van der Waals surface area contributed by atoms with Crippen molar-refractivity contribution in [3.05, 3.63) is 0 Å². The van der Waals surface area contributed by atoms with Gasteiger partial charge < -0.3 is 15.0 Å². The van der Waals surface area contributed by atoms with Crippen LogP contribution in [0.4, 0.5) is 0 Å². The summed E-state index contributed by atoms with van der Waals surface area (Å²) in [7, 11) is 4.21. The van der Waals surface area contributed by atoms with E-state index in [-0.39, 0.29) is 0 Å². The van der Waals surface area contributed by atoms with Gasteiger partial charge in [0.1, 0.15) is 0 Å². The minimum Gasteiger partial charge on any atom is -0.380 e. The van der Waals surface area contributed by atoms with E-state index in [1.165, 1.54) is 0 Å². The fourth-order valence-corrected chi connectivity index (χ4v) is 1.36. The van der Waals surface area contributed by atoms with Gasteiger partial charge in [-0.25, -0.2) is 0 Å². The molecule has 0 spiro atoms. The van der Waals surface area contributed by atoms with Crippen molar-refractivity contribution >= 4 is 0 Å². The SMILES string of the molecule is CN(C)CC1CCOCCN1. The first-order valence-electron chi connectivity index (χ1n) is 4.25. The predicted octanol–water partition coefficient (Wildman–Crippen LogP) is -0.0735. The maximum atomic E-state index is 5.33. The molecule has 1 unspecified atom stereocenters. The van der Waals surface area contributed by atoms with Gasteiger partial charge in [0.05, 0.1) is 6.61 Å². The van der Waals surface area contributed by atoms with E-state index in [0.717, 1.165) is 32.7 Å². The summed E-state index contributed by atoms with van der Waals surface area (Å²) < 4.78 is 5.33. The van der Waals surface area contributed by atoms with Crippen molar-refractivity contribution in [2.75, 3.05) is 40.4 Å². The van der Waals surface area contributed by atoms with Gasteiger partial charge in [0, 0.05) is 25.7 Å². The molecule has 0 aromatic carbocycles. The van der Waals surface area contributed by atoms with E-state index in [9.17, 15) is 0 Å². The van der Waals surface area contributed by atoms with Crippen molar-refractivity contribution in [2.45, 2.75) is 12.5 Å². The molecular weight excluding hydrogens is 140 g/mol. The summed E-state index contributed by atoms with van der Waals surface area (Å²) in [5.41, 5.74) is 0. The maximum absolute atomic E-state index is 5.33. The first-order valence-corrected chi connectivity index (χ1v) is 4.25. The first-order chi connectivity index (χ1) is 5.29. The Bertz CT molecular complexity index is 98.3. The topological polar surface area (TPSA) is 24.5 Å². The van der Waals surface area contributed by atoms with Crippen LogP contribution in [0.5, 0.6) is 0 Å². The number of hydrogen-bond donors (Lipinski definition) is 1. The van der Waals surface area contributed by atoms with Crippen molar-refractivity contribution < 1.29 is 4.74 Å². The van der Waals surface area contributed by atoms with Crippen LogP contribution < -0.4 is 5.32 Å². The summed E-state index contributed by atoms with van der Waals surface area (Å²) in [4.78, 5) is 2.21. The fourth-order valence-electron chi connectivity index (χ4n) is 1.36. The molecule has 11 heavy (non-hydrogen) atoms. The van der Waals surface area contributed by atoms with Gasteiger partial charge in [0.15, 0.2) is 0 Å². The Labute approximate surface area is 68.7 Å². The molecule has 0 radical (unpaired) electrons. The molecule has 66 valence electrons. The lowest BCUT2D eigenvalue weighted by molar-refractivity contribution is 0.149. The molecule has 1 aliphatic heterocycles. The minimum atomic E-state index is 0.618. The van der Waals surface area contributed by atoms with Crippen LogP contribution in [-0.2, 0) is 4.74 Å². The van der Waals surface area contributed by atoms with Crippen molar-refractivity contribution in [1.82, 2.24) is 10.2 Å². The predicted molar refractivity (Wildman–Crippen MR) is 45.8 cm³/mol. The lowest BCUT2D eigenvalue weighted by Gasteiger charge is -2.19. The second-order valence-corrected chi connectivity index (χ2v) is 3.31. The average molecular weight is 158 g/mol. The molecule has 1 atom stereocenters. The van der Waals surface area contributed by atoms with Gasteiger partial charge in [0.2, 0.25) is 0 Å². The molecule has 1 aliphatic rings. The third-order valence-electron chi connectivity index (χ3n) is 1.88. The summed E-state index contributed by atoms with van der Waals surface area (Å²) in [6.07, 6.45) is 1.14. The van der Waals surface area contributed by atoms with E-state index in [1.54, 1.807) is 0 Å². The highest BCUT2D eigenvalue weighted by atomic mass is 16.5. The highest BCUT2D eigenvalue weighted by Gasteiger charge is 2.11. The third-order valence-corrected chi connectivity index (χ3v) is 1.88. The maximum Gasteiger partial charge on any atom is 0.0591 e. The molecule has 0 bridgehead atoms. The van der Waals surface area contributed by atoms with Crippen LogP contribution in [0.15, 0.2) is 0 Å². The van der Waals surface area contributed by atoms with Crippen LogP contribution >= 0.6 is 0 Å². The van der Waals surface area contributed by atoms with Crippen LogP contribution in [0, 0.1) is 0 Å². The third kappa shape index (κ3) is 3.70. The summed E-state index contributed by atoms with van der Waals surface area (Å²) in [5, 5.41) is 3.45. The van der Waals surface area contributed by atoms with Crippen molar-refractivity contribution in [2.24, 2.45) is 0 Å². The van der Waals surface area contributed by atoms with Crippen molar-refractivity contribution in [3.63, 3.8) is 0 Å². The van der Waals surface area contributed by atoms with Gasteiger partial charge in [0.25, 0.3) is 0 Å². The minimum absolute atomic E-state index is 0.618. The number of ether oxygens (including phenoxy) is 1. The Morgan fingerprint density at radius 3 is 3.00 bits per heavy atom.